The van der Waals surface area contributed by atoms with Crippen LogP contribution in [-0.2, 0) is 21.4 Å². The summed E-state index contributed by atoms with van der Waals surface area (Å²) in [6.07, 6.45) is 0. The number of carbonyl (C=O) groups is 1. The summed E-state index contributed by atoms with van der Waals surface area (Å²) < 4.78 is 27.7. The Balaban J connectivity index is 1.90. The Morgan fingerprint density at radius 2 is 1.58 bits per heavy atom. The second kappa shape index (κ2) is 9.92. The molecule has 0 aliphatic rings. The molecule has 3 aromatic carbocycles. The summed E-state index contributed by atoms with van der Waals surface area (Å²) in [5.41, 5.74) is 1.86. The molecule has 0 aliphatic heterocycles. The predicted molar refractivity (Wildman–Crippen MR) is 125 cm³/mol. The number of rotatable bonds is 7. The maximum Gasteiger partial charge on any atom is 0.264 e. The van der Waals surface area contributed by atoms with Gasteiger partial charge in [-0.25, -0.2) is 8.42 Å². The third-order valence-electron chi connectivity index (χ3n) is 4.52. The lowest BCUT2D eigenvalue weighted by Crippen LogP contribution is -2.40. The highest BCUT2D eigenvalue weighted by atomic mass is 35.5. The van der Waals surface area contributed by atoms with Gasteiger partial charge in [-0.3, -0.25) is 9.10 Å². The molecule has 31 heavy (non-hydrogen) atoms. The van der Waals surface area contributed by atoms with Crippen molar-refractivity contribution in [3.63, 3.8) is 0 Å². The zero-order valence-corrected chi connectivity index (χ0v) is 19.6. The van der Waals surface area contributed by atoms with E-state index in [1.807, 2.05) is 6.92 Å². The molecule has 0 aromatic heterocycles. The van der Waals surface area contributed by atoms with Crippen molar-refractivity contribution in [2.75, 3.05) is 10.8 Å². The van der Waals surface area contributed by atoms with E-state index in [9.17, 15) is 13.2 Å². The van der Waals surface area contributed by atoms with Crippen LogP contribution in [0.15, 0.2) is 71.6 Å². The van der Waals surface area contributed by atoms with Gasteiger partial charge in [0.15, 0.2) is 0 Å². The molecule has 3 rings (SSSR count). The quantitative estimate of drug-likeness (QED) is 0.471. The summed E-state index contributed by atoms with van der Waals surface area (Å²) in [4.78, 5) is 12.7. The molecule has 9 heteroatoms. The van der Waals surface area contributed by atoms with Gasteiger partial charge in [-0.15, -0.1) is 0 Å². The third kappa shape index (κ3) is 5.71. The van der Waals surface area contributed by atoms with Crippen LogP contribution in [0.5, 0.6) is 0 Å². The number of nitrogens with zero attached hydrogens (tertiary/aromatic N) is 1. The van der Waals surface area contributed by atoms with E-state index in [-0.39, 0.29) is 27.2 Å². The third-order valence-corrected chi connectivity index (χ3v) is 7.42. The Labute approximate surface area is 196 Å². The Hall–Kier alpha value is -2.25. The number of carbonyl (C=O) groups excluding carboxylic acids is 1. The van der Waals surface area contributed by atoms with E-state index in [2.05, 4.69) is 5.32 Å². The molecule has 0 unspecified atom stereocenters. The Morgan fingerprint density at radius 3 is 2.23 bits per heavy atom. The largest absolute Gasteiger partial charge is 0.350 e. The molecule has 0 saturated heterocycles. The van der Waals surface area contributed by atoms with E-state index in [1.165, 1.54) is 30.3 Å². The molecule has 0 heterocycles. The molecule has 0 atom stereocenters. The van der Waals surface area contributed by atoms with Crippen molar-refractivity contribution >= 4 is 56.4 Å². The van der Waals surface area contributed by atoms with Crippen LogP contribution in [-0.4, -0.2) is 20.9 Å². The normalized spacial score (nSPS) is 11.2. The molecule has 0 radical (unpaired) electrons. The van der Waals surface area contributed by atoms with Crippen molar-refractivity contribution in [3.05, 3.63) is 92.9 Å². The fourth-order valence-electron chi connectivity index (χ4n) is 2.81. The monoisotopic (exact) mass is 496 g/mol. The van der Waals surface area contributed by atoms with Gasteiger partial charge in [0.2, 0.25) is 5.91 Å². The molecule has 5 nitrogen and oxygen atoms in total. The number of sulfonamides is 1. The molecule has 0 bridgehead atoms. The second-order valence-electron chi connectivity index (χ2n) is 6.79. The summed E-state index contributed by atoms with van der Waals surface area (Å²) in [6, 6.07) is 17.9. The number of halogens is 3. The van der Waals surface area contributed by atoms with Gasteiger partial charge < -0.3 is 5.32 Å². The van der Waals surface area contributed by atoms with Crippen LogP contribution in [0.2, 0.25) is 15.1 Å². The van der Waals surface area contributed by atoms with Crippen LogP contribution in [0, 0.1) is 6.92 Å². The van der Waals surface area contributed by atoms with Crippen LogP contribution in [0.4, 0.5) is 5.69 Å². The van der Waals surface area contributed by atoms with Gasteiger partial charge in [0.05, 0.1) is 20.6 Å². The molecule has 0 fully saturated rings. The van der Waals surface area contributed by atoms with E-state index in [0.29, 0.717) is 5.02 Å². The average Bonchev–Trinajstić information content (AvgIpc) is 2.74. The number of aryl methyl sites for hydroxylation is 1. The second-order valence-corrected chi connectivity index (χ2v) is 9.88. The minimum atomic E-state index is -4.04. The Kier molecular flexibility index (Phi) is 7.49. The van der Waals surface area contributed by atoms with Crippen molar-refractivity contribution < 1.29 is 13.2 Å². The number of nitrogens with one attached hydrogen (secondary N) is 1. The maximum atomic E-state index is 13.4. The van der Waals surface area contributed by atoms with Crippen LogP contribution < -0.4 is 9.62 Å². The lowest BCUT2D eigenvalue weighted by Gasteiger charge is -2.24. The first-order valence-corrected chi connectivity index (χ1v) is 11.8. The molecule has 1 amide bonds. The molecule has 0 aliphatic carbocycles. The zero-order chi connectivity index (χ0) is 22.6. The van der Waals surface area contributed by atoms with Crippen molar-refractivity contribution in [2.24, 2.45) is 0 Å². The lowest BCUT2D eigenvalue weighted by atomic mass is 10.2. The summed E-state index contributed by atoms with van der Waals surface area (Å²) >= 11 is 18.2. The lowest BCUT2D eigenvalue weighted by molar-refractivity contribution is -0.119. The van der Waals surface area contributed by atoms with Crippen molar-refractivity contribution in [1.82, 2.24) is 5.32 Å². The summed E-state index contributed by atoms with van der Waals surface area (Å²) in [6.45, 7) is 1.58. The minimum absolute atomic E-state index is 0.0584. The average molecular weight is 498 g/mol. The van der Waals surface area contributed by atoms with Crippen LogP contribution in [0.1, 0.15) is 11.1 Å². The molecule has 0 saturated carbocycles. The Morgan fingerprint density at radius 1 is 0.903 bits per heavy atom. The summed E-state index contributed by atoms with van der Waals surface area (Å²) in [5, 5.41) is 3.68. The standard InChI is InChI=1S/C22H19Cl3N2O3S/c1-15-6-9-18(10-7-15)31(29,30)27(17-8-11-20(24)21(25)12-17)14-22(28)26-13-16-4-2-3-5-19(16)23/h2-12H,13-14H2,1H3,(H,26,28). The van der Waals surface area contributed by atoms with E-state index in [1.54, 1.807) is 36.4 Å². The fraction of sp³-hybridized carbons (Fsp3) is 0.136. The Bertz CT molecular complexity index is 1200. The molecule has 162 valence electrons. The number of amides is 1. The smallest absolute Gasteiger partial charge is 0.264 e. The van der Waals surface area contributed by atoms with Crippen LogP contribution in [0.3, 0.4) is 0 Å². The highest BCUT2D eigenvalue weighted by Gasteiger charge is 2.27. The van der Waals surface area contributed by atoms with E-state index in [0.717, 1.165) is 15.4 Å². The summed E-state index contributed by atoms with van der Waals surface area (Å²) in [5.74, 6) is -0.498. The first kappa shape index (κ1) is 23.4. The van der Waals surface area contributed by atoms with Gasteiger partial charge in [-0.2, -0.15) is 0 Å². The van der Waals surface area contributed by atoms with Gasteiger partial charge in [0.25, 0.3) is 10.0 Å². The van der Waals surface area contributed by atoms with Gasteiger partial charge in [0, 0.05) is 11.6 Å². The van der Waals surface area contributed by atoms with Crippen LogP contribution in [0.25, 0.3) is 0 Å². The van der Waals surface area contributed by atoms with E-state index >= 15 is 0 Å². The van der Waals surface area contributed by atoms with E-state index < -0.39 is 22.5 Å². The number of hydrogen-bond donors (Lipinski definition) is 1. The van der Waals surface area contributed by atoms with E-state index in [4.69, 9.17) is 34.8 Å². The number of anilines is 1. The molecular weight excluding hydrogens is 479 g/mol. The first-order valence-electron chi connectivity index (χ1n) is 9.23. The van der Waals surface area contributed by atoms with Crippen molar-refractivity contribution in [2.45, 2.75) is 18.4 Å². The predicted octanol–water partition coefficient (Wildman–Crippen LogP) is 5.47. The fourth-order valence-corrected chi connectivity index (χ4v) is 4.72. The number of benzene rings is 3. The molecule has 1 N–H and O–H groups in total. The highest BCUT2D eigenvalue weighted by Crippen LogP contribution is 2.30. The molecule has 0 spiro atoms. The topological polar surface area (TPSA) is 66.5 Å². The van der Waals surface area contributed by atoms with Gasteiger partial charge >= 0.3 is 0 Å². The van der Waals surface area contributed by atoms with Gasteiger partial charge in [-0.05, 0) is 48.9 Å². The number of hydrogen-bond acceptors (Lipinski definition) is 3. The maximum absolute atomic E-state index is 13.4. The minimum Gasteiger partial charge on any atom is -0.350 e. The molecule has 3 aromatic rings. The zero-order valence-electron chi connectivity index (χ0n) is 16.5. The summed E-state index contributed by atoms with van der Waals surface area (Å²) in [7, 11) is -4.04. The van der Waals surface area contributed by atoms with Crippen molar-refractivity contribution in [1.29, 1.82) is 0 Å². The molecular formula is C22H19Cl3N2O3S. The van der Waals surface area contributed by atoms with Gasteiger partial charge in [-0.1, -0.05) is 70.7 Å². The van der Waals surface area contributed by atoms with Crippen LogP contribution >= 0.6 is 34.8 Å². The highest BCUT2D eigenvalue weighted by molar-refractivity contribution is 7.92. The first-order chi connectivity index (χ1) is 14.7. The SMILES string of the molecule is Cc1ccc(S(=O)(=O)N(CC(=O)NCc2ccccc2Cl)c2ccc(Cl)c(Cl)c2)cc1. The van der Waals surface area contributed by atoms with Crippen molar-refractivity contribution in [3.8, 4) is 0 Å². The van der Waals surface area contributed by atoms with Gasteiger partial charge in [0.1, 0.15) is 6.54 Å².